The van der Waals surface area contributed by atoms with Crippen LogP contribution < -0.4 is 15.4 Å². The molecule has 0 aliphatic carbocycles. The molecule has 172 valence electrons. The fourth-order valence-electron chi connectivity index (χ4n) is 3.38. The van der Waals surface area contributed by atoms with Gasteiger partial charge in [-0.05, 0) is 46.7 Å². The van der Waals surface area contributed by atoms with Crippen molar-refractivity contribution in [3.63, 3.8) is 0 Å². The summed E-state index contributed by atoms with van der Waals surface area (Å²) in [6.07, 6.45) is 0. The van der Waals surface area contributed by atoms with E-state index < -0.39 is 0 Å². The first-order chi connectivity index (χ1) is 13.8. The van der Waals surface area contributed by atoms with Crippen LogP contribution in [0.2, 0.25) is 0 Å². The van der Waals surface area contributed by atoms with Crippen LogP contribution in [-0.4, -0.2) is 74.2 Å². The van der Waals surface area contributed by atoms with E-state index in [1.165, 1.54) is 26.2 Å². The highest BCUT2D eigenvalue weighted by molar-refractivity contribution is 14.0. The largest absolute Gasteiger partial charge is 0.488 e. The first-order valence-corrected chi connectivity index (χ1v) is 11.0. The van der Waals surface area contributed by atoms with Gasteiger partial charge in [0.05, 0.1) is 6.54 Å². The topological polar surface area (TPSA) is 52.1 Å². The summed E-state index contributed by atoms with van der Waals surface area (Å²) in [5.41, 5.74) is 0.881. The van der Waals surface area contributed by atoms with Crippen LogP contribution in [0.5, 0.6) is 5.75 Å². The highest BCUT2D eigenvalue weighted by Gasteiger charge is 2.17. The van der Waals surface area contributed by atoms with Crippen LogP contribution in [0.4, 0.5) is 0 Å². The zero-order valence-electron chi connectivity index (χ0n) is 19.7. The van der Waals surface area contributed by atoms with E-state index in [9.17, 15) is 0 Å². The van der Waals surface area contributed by atoms with E-state index in [0.29, 0.717) is 12.5 Å². The van der Waals surface area contributed by atoms with E-state index in [-0.39, 0.29) is 29.6 Å². The van der Waals surface area contributed by atoms with Crippen molar-refractivity contribution < 1.29 is 4.74 Å². The SMILES string of the molecule is CCNC(=NCc1ccccc1OC(C)(C)C)NCC(C)CN1CCN(C)CC1.I. The summed E-state index contributed by atoms with van der Waals surface area (Å²) in [6.45, 7) is 18.8. The molecule has 2 N–H and O–H groups in total. The van der Waals surface area contributed by atoms with E-state index in [2.05, 4.69) is 68.2 Å². The van der Waals surface area contributed by atoms with Crippen molar-refractivity contribution in [3.05, 3.63) is 29.8 Å². The number of hydrogen-bond donors (Lipinski definition) is 2. The quantitative estimate of drug-likeness (QED) is 0.306. The summed E-state index contributed by atoms with van der Waals surface area (Å²) in [5.74, 6) is 2.34. The summed E-state index contributed by atoms with van der Waals surface area (Å²) in [4.78, 5) is 9.76. The Morgan fingerprint density at radius 2 is 1.80 bits per heavy atom. The van der Waals surface area contributed by atoms with E-state index in [1.54, 1.807) is 0 Å². The molecular weight excluding hydrogens is 489 g/mol. The number of nitrogens with one attached hydrogen (secondary N) is 2. The molecule has 1 saturated heterocycles. The lowest BCUT2D eigenvalue weighted by atomic mass is 10.1. The molecule has 0 saturated carbocycles. The standard InChI is InChI=1S/C23H41N5O.HI/c1-7-24-22(25-16-19(2)18-28-14-12-27(6)13-15-28)26-17-20-10-8-9-11-21(20)29-23(3,4)5;/h8-11,19H,7,12-18H2,1-6H3,(H2,24,25,26);1H. The van der Waals surface area contributed by atoms with Crippen molar-refractivity contribution in [1.29, 1.82) is 0 Å². The summed E-state index contributed by atoms with van der Waals surface area (Å²) in [6, 6.07) is 8.16. The maximum absolute atomic E-state index is 6.10. The van der Waals surface area contributed by atoms with Crippen LogP contribution in [0.1, 0.15) is 40.2 Å². The van der Waals surface area contributed by atoms with Gasteiger partial charge >= 0.3 is 0 Å². The zero-order chi connectivity index (χ0) is 21.3. The maximum atomic E-state index is 6.10. The minimum Gasteiger partial charge on any atom is -0.488 e. The predicted molar refractivity (Wildman–Crippen MR) is 138 cm³/mol. The van der Waals surface area contributed by atoms with Crippen LogP contribution in [0, 0.1) is 5.92 Å². The highest BCUT2D eigenvalue weighted by atomic mass is 127. The summed E-state index contributed by atoms with van der Waals surface area (Å²) in [5, 5.41) is 6.88. The Labute approximate surface area is 200 Å². The molecule has 7 heteroatoms. The summed E-state index contributed by atoms with van der Waals surface area (Å²) < 4.78 is 6.10. The van der Waals surface area contributed by atoms with Crippen LogP contribution in [0.15, 0.2) is 29.3 Å². The number of hydrogen-bond acceptors (Lipinski definition) is 4. The molecule has 0 spiro atoms. The van der Waals surface area contributed by atoms with Gasteiger partial charge < -0.3 is 25.2 Å². The normalized spacial score (nSPS) is 17.2. The Hall–Kier alpha value is -1.06. The van der Waals surface area contributed by atoms with Gasteiger partial charge in [-0.2, -0.15) is 0 Å². The number of rotatable bonds is 8. The van der Waals surface area contributed by atoms with Crippen LogP contribution in [0.25, 0.3) is 0 Å². The Balaban J connectivity index is 0.00000450. The Morgan fingerprint density at radius 1 is 1.13 bits per heavy atom. The van der Waals surface area contributed by atoms with Crippen LogP contribution >= 0.6 is 24.0 Å². The fourth-order valence-corrected chi connectivity index (χ4v) is 3.38. The van der Waals surface area contributed by atoms with Gasteiger partial charge in [0.1, 0.15) is 11.4 Å². The molecule has 2 rings (SSSR count). The van der Waals surface area contributed by atoms with Crippen molar-refractivity contribution in [3.8, 4) is 5.75 Å². The van der Waals surface area contributed by atoms with E-state index in [0.717, 1.165) is 36.9 Å². The maximum Gasteiger partial charge on any atom is 0.191 e. The van der Waals surface area contributed by atoms with Crippen molar-refractivity contribution in [1.82, 2.24) is 20.4 Å². The molecule has 0 amide bonds. The molecule has 30 heavy (non-hydrogen) atoms. The third-order valence-corrected chi connectivity index (χ3v) is 4.92. The number of ether oxygens (including phenoxy) is 1. The lowest BCUT2D eigenvalue weighted by Crippen LogP contribution is -2.47. The number of para-hydroxylation sites is 1. The lowest BCUT2D eigenvalue weighted by Gasteiger charge is -2.34. The first kappa shape index (κ1) is 27.0. The molecule has 1 aliphatic rings. The number of benzene rings is 1. The molecule has 1 aliphatic heterocycles. The van der Waals surface area contributed by atoms with E-state index in [4.69, 9.17) is 9.73 Å². The minimum absolute atomic E-state index is 0. The van der Waals surface area contributed by atoms with Crippen LogP contribution in [-0.2, 0) is 6.54 Å². The molecule has 0 aromatic heterocycles. The van der Waals surface area contributed by atoms with Gasteiger partial charge in [-0.25, -0.2) is 4.99 Å². The van der Waals surface area contributed by atoms with Crippen molar-refractivity contribution in [2.75, 3.05) is 52.9 Å². The first-order valence-electron chi connectivity index (χ1n) is 11.0. The average molecular weight is 532 g/mol. The molecule has 1 fully saturated rings. The third kappa shape index (κ3) is 10.3. The summed E-state index contributed by atoms with van der Waals surface area (Å²) in [7, 11) is 2.20. The highest BCUT2D eigenvalue weighted by Crippen LogP contribution is 2.23. The van der Waals surface area contributed by atoms with Crippen molar-refractivity contribution in [2.45, 2.75) is 46.8 Å². The Morgan fingerprint density at radius 3 is 2.43 bits per heavy atom. The zero-order valence-corrected chi connectivity index (χ0v) is 22.0. The van der Waals surface area contributed by atoms with Crippen molar-refractivity contribution in [2.24, 2.45) is 10.9 Å². The second kappa shape index (κ2) is 13.4. The van der Waals surface area contributed by atoms with Gasteiger partial charge in [0, 0.05) is 51.4 Å². The lowest BCUT2D eigenvalue weighted by molar-refractivity contribution is 0.129. The number of nitrogens with zero attached hydrogens (tertiary/aromatic N) is 3. The van der Waals surface area contributed by atoms with Gasteiger partial charge in [-0.15, -0.1) is 24.0 Å². The third-order valence-electron chi connectivity index (χ3n) is 4.92. The summed E-state index contributed by atoms with van der Waals surface area (Å²) >= 11 is 0. The molecule has 0 radical (unpaired) electrons. The Kier molecular flexibility index (Phi) is 12.0. The monoisotopic (exact) mass is 531 g/mol. The molecule has 1 unspecified atom stereocenters. The van der Waals surface area contributed by atoms with E-state index >= 15 is 0 Å². The number of piperazine rings is 1. The van der Waals surface area contributed by atoms with Gasteiger partial charge in [0.15, 0.2) is 5.96 Å². The smallest absolute Gasteiger partial charge is 0.191 e. The molecule has 6 nitrogen and oxygen atoms in total. The predicted octanol–water partition coefficient (Wildman–Crippen LogP) is 3.42. The number of guanidine groups is 1. The molecular formula is C23H42IN5O. The van der Waals surface area contributed by atoms with Gasteiger partial charge in [0.2, 0.25) is 0 Å². The average Bonchev–Trinajstić information content (AvgIpc) is 2.66. The molecule has 1 atom stereocenters. The Bertz CT molecular complexity index is 639. The molecule has 1 heterocycles. The van der Waals surface area contributed by atoms with Crippen LogP contribution in [0.3, 0.4) is 0 Å². The minimum atomic E-state index is -0.221. The second-order valence-electron chi connectivity index (χ2n) is 9.11. The molecule has 0 bridgehead atoms. The second-order valence-corrected chi connectivity index (χ2v) is 9.11. The molecule has 1 aromatic rings. The molecule has 1 aromatic carbocycles. The number of halogens is 1. The number of likely N-dealkylation sites (N-methyl/N-ethyl adjacent to an activating group) is 1. The van der Waals surface area contributed by atoms with Crippen molar-refractivity contribution >= 4 is 29.9 Å². The number of aliphatic imine (C=N–C) groups is 1. The fraction of sp³-hybridized carbons (Fsp3) is 0.696. The van der Waals surface area contributed by atoms with Gasteiger partial charge in [-0.1, -0.05) is 25.1 Å². The van der Waals surface area contributed by atoms with Gasteiger partial charge in [0.25, 0.3) is 0 Å². The van der Waals surface area contributed by atoms with Gasteiger partial charge in [-0.3, -0.25) is 0 Å². The van der Waals surface area contributed by atoms with E-state index in [1.807, 2.05) is 18.2 Å².